The summed E-state index contributed by atoms with van der Waals surface area (Å²) in [5.74, 6) is 1.05. The standard InChI is InChI=1S/C11H13N5/c12-9-3-4-10(16-11(9)13)15-7-8-2-1-5-14-6-8/h1-6H,7,12H2,(H3,13,15,16). The Bertz CT molecular complexity index is 469. The molecule has 0 saturated carbocycles. The molecule has 5 heteroatoms. The normalized spacial score (nSPS) is 10.0. The first kappa shape index (κ1) is 10.2. The molecule has 0 fully saturated rings. The number of nitrogens with two attached hydrogens (primary N) is 2. The van der Waals surface area contributed by atoms with Gasteiger partial charge in [-0.3, -0.25) is 4.98 Å². The lowest BCUT2D eigenvalue weighted by Gasteiger charge is -2.06. The second kappa shape index (κ2) is 4.48. The summed E-state index contributed by atoms with van der Waals surface area (Å²) in [5.41, 5.74) is 12.7. The smallest absolute Gasteiger partial charge is 0.149 e. The number of aromatic nitrogens is 2. The lowest BCUT2D eigenvalue weighted by molar-refractivity contribution is 1.09. The molecule has 0 aromatic carbocycles. The molecule has 0 spiro atoms. The van der Waals surface area contributed by atoms with Gasteiger partial charge < -0.3 is 16.8 Å². The van der Waals surface area contributed by atoms with Gasteiger partial charge in [-0.05, 0) is 23.8 Å². The topological polar surface area (TPSA) is 89.8 Å². The van der Waals surface area contributed by atoms with E-state index in [2.05, 4.69) is 15.3 Å². The van der Waals surface area contributed by atoms with Gasteiger partial charge in [0.2, 0.25) is 0 Å². The van der Waals surface area contributed by atoms with Gasteiger partial charge in [0.1, 0.15) is 11.6 Å². The number of nitrogen functional groups attached to an aromatic ring is 2. The second-order valence-electron chi connectivity index (χ2n) is 3.39. The Kier molecular flexibility index (Phi) is 2.86. The first-order valence-corrected chi connectivity index (χ1v) is 4.90. The summed E-state index contributed by atoms with van der Waals surface area (Å²) < 4.78 is 0. The van der Waals surface area contributed by atoms with E-state index in [0.29, 0.717) is 23.9 Å². The molecule has 5 N–H and O–H groups in total. The van der Waals surface area contributed by atoms with E-state index in [1.165, 1.54) is 0 Å². The Morgan fingerprint density at radius 2 is 2.06 bits per heavy atom. The number of hydrogen-bond acceptors (Lipinski definition) is 5. The third kappa shape index (κ3) is 2.38. The monoisotopic (exact) mass is 215 g/mol. The molecule has 2 heterocycles. The van der Waals surface area contributed by atoms with Crippen molar-refractivity contribution < 1.29 is 0 Å². The summed E-state index contributed by atoms with van der Waals surface area (Å²) in [6.45, 7) is 0.657. The van der Waals surface area contributed by atoms with Crippen LogP contribution in [0.2, 0.25) is 0 Å². The van der Waals surface area contributed by atoms with Crippen molar-refractivity contribution >= 4 is 17.3 Å². The van der Waals surface area contributed by atoms with Crippen LogP contribution in [0.3, 0.4) is 0 Å². The van der Waals surface area contributed by atoms with Gasteiger partial charge in [0.05, 0.1) is 5.69 Å². The number of pyridine rings is 2. The molecule has 0 aliphatic carbocycles. The molecule has 0 radical (unpaired) electrons. The van der Waals surface area contributed by atoms with Crippen LogP contribution in [0.1, 0.15) is 5.56 Å². The molecule has 0 amide bonds. The lowest BCUT2D eigenvalue weighted by atomic mass is 10.3. The molecule has 82 valence electrons. The van der Waals surface area contributed by atoms with Crippen molar-refractivity contribution in [1.82, 2.24) is 9.97 Å². The Balaban J connectivity index is 2.03. The molecule has 0 saturated heterocycles. The predicted molar refractivity (Wildman–Crippen MR) is 64.6 cm³/mol. The van der Waals surface area contributed by atoms with E-state index in [1.54, 1.807) is 24.5 Å². The SMILES string of the molecule is Nc1ccc(NCc2cccnc2)nc1N. The van der Waals surface area contributed by atoms with Crippen molar-refractivity contribution in [2.45, 2.75) is 6.54 Å². The summed E-state index contributed by atoms with van der Waals surface area (Å²) in [4.78, 5) is 8.13. The van der Waals surface area contributed by atoms with Crippen molar-refractivity contribution in [3.05, 3.63) is 42.2 Å². The summed E-state index contributed by atoms with van der Waals surface area (Å²) in [7, 11) is 0. The van der Waals surface area contributed by atoms with Crippen LogP contribution in [-0.4, -0.2) is 9.97 Å². The van der Waals surface area contributed by atoms with Crippen LogP contribution >= 0.6 is 0 Å². The average Bonchev–Trinajstić information content (AvgIpc) is 2.32. The maximum Gasteiger partial charge on any atom is 0.149 e. The molecule has 0 atom stereocenters. The van der Waals surface area contributed by atoms with Gasteiger partial charge in [0, 0.05) is 18.9 Å². The lowest BCUT2D eigenvalue weighted by Crippen LogP contribution is -2.04. The number of anilines is 3. The molecule has 2 rings (SSSR count). The third-order valence-electron chi connectivity index (χ3n) is 2.15. The molecule has 0 unspecified atom stereocenters. The average molecular weight is 215 g/mol. The van der Waals surface area contributed by atoms with E-state index in [1.807, 2.05) is 12.1 Å². The van der Waals surface area contributed by atoms with E-state index < -0.39 is 0 Å². The first-order valence-electron chi connectivity index (χ1n) is 4.90. The molecule has 2 aromatic heterocycles. The van der Waals surface area contributed by atoms with Gasteiger partial charge in [-0.25, -0.2) is 4.98 Å². The van der Waals surface area contributed by atoms with Gasteiger partial charge >= 0.3 is 0 Å². The fourth-order valence-corrected chi connectivity index (χ4v) is 1.28. The molecule has 0 aliphatic heterocycles. The molecular formula is C11H13N5. The molecule has 0 aliphatic rings. The number of nitrogens with one attached hydrogen (secondary N) is 1. The van der Waals surface area contributed by atoms with E-state index in [-0.39, 0.29) is 0 Å². The molecular weight excluding hydrogens is 202 g/mol. The highest BCUT2D eigenvalue weighted by Crippen LogP contribution is 2.15. The number of rotatable bonds is 3. The maximum absolute atomic E-state index is 5.60. The minimum Gasteiger partial charge on any atom is -0.396 e. The highest BCUT2D eigenvalue weighted by atomic mass is 15.0. The number of nitrogens with zero attached hydrogens (tertiary/aromatic N) is 2. The van der Waals surface area contributed by atoms with Crippen molar-refractivity contribution in [2.75, 3.05) is 16.8 Å². The highest BCUT2D eigenvalue weighted by Gasteiger charge is 1.98. The number of hydrogen-bond donors (Lipinski definition) is 3. The van der Waals surface area contributed by atoms with Crippen LogP contribution in [0.5, 0.6) is 0 Å². The minimum absolute atomic E-state index is 0.344. The van der Waals surface area contributed by atoms with Gasteiger partial charge in [-0.1, -0.05) is 6.07 Å². The Morgan fingerprint density at radius 3 is 2.75 bits per heavy atom. The van der Waals surface area contributed by atoms with Crippen molar-refractivity contribution in [1.29, 1.82) is 0 Å². The minimum atomic E-state index is 0.344. The fourth-order valence-electron chi connectivity index (χ4n) is 1.28. The highest BCUT2D eigenvalue weighted by molar-refractivity contribution is 5.61. The molecule has 0 bridgehead atoms. The quantitative estimate of drug-likeness (QED) is 0.717. The summed E-state index contributed by atoms with van der Waals surface area (Å²) in [6.07, 6.45) is 3.54. The Hall–Kier alpha value is -2.30. The van der Waals surface area contributed by atoms with Crippen LogP contribution in [-0.2, 0) is 6.54 Å². The molecule has 2 aromatic rings. The van der Waals surface area contributed by atoms with Crippen molar-refractivity contribution in [2.24, 2.45) is 0 Å². The van der Waals surface area contributed by atoms with Crippen LogP contribution in [0.15, 0.2) is 36.7 Å². The van der Waals surface area contributed by atoms with E-state index in [4.69, 9.17) is 11.5 Å². The Morgan fingerprint density at radius 1 is 1.19 bits per heavy atom. The van der Waals surface area contributed by atoms with Crippen molar-refractivity contribution in [3.8, 4) is 0 Å². The Labute approximate surface area is 93.5 Å². The summed E-state index contributed by atoms with van der Waals surface area (Å²) in [5, 5.41) is 3.14. The van der Waals surface area contributed by atoms with Crippen LogP contribution < -0.4 is 16.8 Å². The van der Waals surface area contributed by atoms with Crippen LogP contribution in [0.4, 0.5) is 17.3 Å². The van der Waals surface area contributed by atoms with Gasteiger partial charge in [-0.15, -0.1) is 0 Å². The largest absolute Gasteiger partial charge is 0.396 e. The zero-order chi connectivity index (χ0) is 11.4. The van der Waals surface area contributed by atoms with E-state index >= 15 is 0 Å². The summed E-state index contributed by atoms with van der Waals surface area (Å²) in [6, 6.07) is 7.40. The predicted octanol–water partition coefficient (Wildman–Crippen LogP) is 1.25. The molecule has 5 nitrogen and oxygen atoms in total. The van der Waals surface area contributed by atoms with E-state index in [0.717, 1.165) is 5.56 Å². The third-order valence-corrected chi connectivity index (χ3v) is 2.15. The van der Waals surface area contributed by atoms with Gasteiger partial charge in [-0.2, -0.15) is 0 Å². The van der Waals surface area contributed by atoms with Crippen LogP contribution in [0.25, 0.3) is 0 Å². The molecule has 16 heavy (non-hydrogen) atoms. The zero-order valence-corrected chi connectivity index (χ0v) is 8.72. The van der Waals surface area contributed by atoms with Crippen LogP contribution in [0, 0.1) is 0 Å². The van der Waals surface area contributed by atoms with E-state index in [9.17, 15) is 0 Å². The second-order valence-corrected chi connectivity index (χ2v) is 3.39. The summed E-state index contributed by atoms with van der Waals surface area (Å²) >= 11 is 0. The van der Waals surface area contributed by atoms with Gasteiger partial charge in [0.15, 0.2) is 0 Å². The fraction of sp³-hybridized carbons (Fsp3) is 0.0909. The zero-order valence-electron chi connectivity index (χ0n) is 8.72. The first-order chi connectivity index (χ1) is 7.75. The van der Waals surface area contributed by atoms with Crippen molar-refractivity contribution in [3.63, 3.8) is 0 Å². The maximum atomic E-state index is 5.60. The van der Waals surface area contributed by atoms with Gasteiger partial charge in [0.25, 0.3) is 0 Å².